The number of ether oxygens (including phenoxy) is 2. The first kappa shape index (κ1) is 28.1. The van der Waals surface area contributed by atoms with Gasteiger partial charge in [0.25, 0.3) is 0 Å². The summed E-state index contributed by atoms with van der Waals surface area (Å²) >= 11 is 0. The first-order valence-corrected chi connectivity index (χ1v) is 13.5. The van der Waals surface area contributed by atoms with Crippen molar-refractivity contribution < 1.29 is 29.3 Å². The molecule has 2 N–H and O–H groups in total. The third kappa shape index (κ3) is 7.42. The Bertz CT molecular complexity index is 543. The Balaban J connectivity index is 1.78. The maximum atomic E-state index is 12.5. The average molecular weight is 469 g/mol. The van der Waals surface area contributed by atoms with Crippen LogP contribution in [0.2, 0.25) is 0 Å². The average Bonchev–Trinajstić information content (AvgIpc) is 2.82. The number of carbonyl (C=O) groups is 2. The summed E-state index contributed by atoms with van der Waals surface area (Å²) in [6.07, 6.45) is 8.51. The van der Waals surface area contributed by atoms with Gasteiger partial charge >= 0.3 is 11.9 Å². The molecule has 8 unspecified atom stereocenters. The Kier molecular flexibility index (Phi) is 12.2. The summed E-state index contributed by atoms with van der Waals surface area (Å²) in [5.41, 5.74) is 0. The highest BCUT2D eigenvalue weighted by Crippen LogP contribution is 2.44. The van der Waals surface area contributed by atoms with Gasteiger partial charge in [0, 0.05) is 26.1 Å². The molecule has 0 bridgehead atoms. The number of carbonyl (C=O) groups excluding carboxylic acids is 2. The number of hydrogen-bond donors (Lipinski definition) is 2. The number of esters is 2. The number of hydrogen-bond acceptors (Lipinski definition) is 6. The summed E-state index contributed by atoms with van der Waals surface area (Å²) < 4.78 is 10.6. The molecule has 0 aliphatic heterocycles. The molecule has 2 fully saturated rings. The molecule has 192 valence electrons. The van der Waals surface area contributed by atoms with Crippen LogP contribution in [-0.4, -0.2) is 42.2 Å². The molecule has 0 aromatic heterocycles. The quantitative estimate of drug-likeness (QED) is 0.311. The van der Waals surface area contributed by atoms with Crippen LogP contribution in [0, 0.1) is 47.3 Å². The lowest BCUT2D eigenvalue weighted by Gasteiger charge is -2.42. The van der Waals surface area contributed by atoms with E-state index in [2.05, 4.69) is 27.7 Å². The van der Waals surface area contributed by atoms with Crippen molar-refractivity contribution in [2.75, 3.05) is 20.0 Å². The van der Waals surface area contributed by atoms with Crippen molar-refractivity contribution in [2.24, 2.45) is 47.3 Å². The Morgan fingerprint density at radius 1 is 0.606 bits per heavy atom. The van der Waals surface area contributed by atoms with Crippen molar-refractivity contribution in [1.82, 2.24) is 0 Å². The van der Waals surface area contributed by atoms with Crippen molar-refractivity contribution in [2.45, 2.75) is 91.9 Å². The number of rotatable bonds is 12. The lowest BCUT2D eigenvalue weighted by atomic mass is 9.64. The summed E-state index contributed by atoms with van der Waals surface area (Å²) in [5.74, 6) is 2.33. The predicted molar refractivity (Wildman–Crippen MR) is 128 cm³/mol. The van der Waals surface area contributed by atoms with Crippen LogP contribution in [0.4, 0.5) is 0 Å². The van der Waals surface area contributed by atoms with E-state index in [1.165, 1.54) is 0 Å². The van der Waals surface area contributed by atoms with E-state index in [-0.39, 0.29) is 43.8 Å². The molecule has 2 saturated carbocycles. The van der Waals surface area contributed by atoms with Crippen LogP contribution in [0.1, 0.15) is 91.9 Å². The van der Waals surface area contributed by atoms with E-state index in [4.69, 9.17) is 9.47 Å². The van der Waals surface area contributed by atoms with Crippen molar-refractivity contribution in [1.29, 1.82) is 0 Å². The molecular formula is C27H48O6. The van der Waals surface area contributed by atoms with Gasteiger partial charge in [-0.05, 0) is 73.0 Å². The molecule has 6 heteroatoms. The van der Waals surface area contributed by atoms with Gasteiger partial charge in [-0.3, -0.25) is 9.59 Å². The summed E-state index contributed by atoms with van der Waals surface area (Å²) in [5, 5.41) is 19.4. The fourth-order valence-electron chi connectivity index (χ4n) is 7.32. The lowest BCUT2D eigenvalue weighted by molar-refractivity contribution is -0.169. The monoisotopic (exact) mass is 468 g/mol. The van der Waals surface area contributed by atoms with Gasteiger partial charge in [-0.2, -0.15) is 0 Å². The third-order valence-corrected chi connectivity index (χ3v) is 8.99. The van der Waals surface area contributed by atoms with E-state index in [1.807, 2.05) is 0 Å². The zero-order valence-corrected chi connectivity index (χ0v) is 21.3. The molecule has 0 saturated heterocycles. The van der Waals surface area contributed by atoms with Crippen LogP contribution in [0.5, 0.6) is 0 Å². The van der Waals surface area contributed by atoms with E-state index in [9.17, 15) is 19.8 Å². The maximum absolute atomic E-state index is 12.5. The SMILES string of the molecule is CCC1C(CO)CCC(CC(=O)OCOC(=O)CC2CCC(CO)C(CC)C2CC)C1CC. The summed E-state index contributed by atoms with van der Waals surface area (Å²) in [7, 11) is 0. The van der Waals surface area contributed by atoms with Gasteiger partial charge in [0.2, 0.25) is 6.79 Å². The molecule has 2 aliphatic rings. The second-order valence-corrected chi connectivity index (χ2v) is 10.4. The molecule has 2 rings (SSSR count). The molecule has 8 atom stereocenters. The van der Waals surface area contributed by atoms with Gasteiger partial charge in [0.15, 0.2) is 0 Å². The fourth-order valence-corrected chi connectivity index (χ4v) is 7.32. The highest BCUT2D eigenvalue weighted by molar-refractivity contribution is 5.71. The van der Waals surface area contributed by atoms with Gasteiger partial charge in [0.05, 0.1) is 0 Å². The van der Waals surface area contributed by atoms with E-state index >= 15 is 0 Å². The Morgan fingerprint density at radius 3 is 1.21 bits per heavy atom. The molecule has 33 heavy (non-hydrogen) atoms. The predicted octanol–water partition coefficient (Wildman–Crippen LogP) is 4.95. The van der Waals surface area contributed by atoms with Crippen LogP contribution < -0.4 is 0 Å². The minimum atomic E-state index is -0.308. The summed E-state index contributed by atoms with van der Waals surface area (Å²) in [6, 6.07) is 0. The summed E-state index contributed by atoms with van der Waals surface area (Å²) in [6.45, 7) is 8.79. The van der Waals surface area contributed by atoms with Crippen LogP contribution in [-0.2, 0) is 19.1 Å². The van der Waals surface area contributed by atoms with E-state index < -0.39 is 0 Å². The van der Waals surface area contributed by atoms with Crippen LogP contribution in [0.3, 0.4) is 0 Å². The van der Waals surface area contributed by atoms with Crippen LogP contribution in [0.25, 0.3) is 0 Å². The van der Waals surface area contributed by atoms with E-state index in [1.54, 1.807) is 0 Å². The smallest absolute Gasteiger partial charge is 0.308 e. The Labute approximate surface area is 200 Å². The minimum absolute atomic E-state index is 0.224. The number of aliphatic hydroxyl groups excluding tert-OH is 2. The minimum Gasteiger partial charge on any atom is -0.428 e. The molecule has 6 nitrogen and oxygen atoms in total. The second-order valence-electron chi connectivity index (χ2n) is 10.4. The largest absolute Gasteiger partial charge is 0.428 e. The Hall–Kier alpha value is -1.14. The van der Waals surface area contributed by atoms with Gasteiger partial charge < -0.3 is 19.7 Å². The topological polar surface area (TPSA) is 93.1 Å². The van der Waals surface area contributed by atoms with Crippen molar-refractivity contribution >= 4 is 11.9 Å². The molecule has 0 heterocycles. The van der Waals surface area contributed by atoms with Crippen LogP contribution in [0.15, 0.2) is 0 Å². The van der Waals surface area contributed by atoms with E-state index in [0.29, 0.717) is 48.3 Å². The molecular weight excluding hydrogens is 420 g/mol. The first-order valence-electron chi connectivity index (χ1n) is 13.5. The lowest BCUT2D eigenvalue weighted by Crippen LogP contribution is -2.37. The van der Waals surface area contributed by atoms with Crippen molar-refractivity contribution in [3.8, 4) is 0 Å². The van der Waals surface area contributed by atoms with Gasteiger partial charge in [-0.25, -0.2) is 0 Å². The fraction of sp³-hybridized carbons (Fsp3) is 0.926. The number of aliphatic hydroxyl groups is 2. The summed E-state index contributed by atoms with van der Waals surface area (Å²) in [4.78, 5) is 24.9. The highest BCUT2D eigenvalue weighted by Gasteiger charge is 2.39. The standard InChI is InChI=1S/C27H48O6/c1-5-22-18(9-11-20(15-28)24(22)7-3)13-26(30)32-17-33-27(31)14-19-10-12-21(16-29)25(8-4)23(19)6-2/h18-25,28-29H,5-17H2,1-4H3. The molecule has 2 aliphatic carbocycles. The molecule has 0 amide bonds. The molecule has 0 aromatic rings. The Morgan fingerprint density at radius 2 is 0.909 bits per heavy atom. The molecule has 0 radical (unpaired) electrons. The maximum Gasteiger partial charge on any atom is 0.308 e. The normalized spacial score (nSPS) is 34.6. The third-order valence-electron chi connectivity index (χ3n) is 8.99. The second kappa shape index (κ2) is 14.3. The first-order chi connectivity index (χ1) is 15.9. The van der Waals surface area contributed by atoms with E-state index in [0.717, 1.165) is 51.4 Å². The van der Waals surface area contributed by atoms with Gasteiger partial charge in [-0.15, -0.1) is 0 Å². The van der Waals surface area contributed by atoms with Gasteiger partial charge in [-0.1, -0.05) is 53.4 Å². The molecule has 0 spiro atoms. The zero-order chi connectivity index (χ0) is 24.4. The van der Waals surface area contributed by atoms with Gasteiger partial charge in [0.1, 0.15) is 0 Å². The zero-order valence-electron chi connectivity index (χ0n) is 21.3. The highest BCUT2D eigenvalue weighted by atomic mass is 16.7. The van der Waals surface area contributed by atoms with Crippen molar-refractivity contribution in [3.63, 3.8) is 0 Å². The van der Waals surface area contributed by atoms with Crippen LogP contribution >= 0.6 is 0 Å². The molecule has 0 aromatic carbocycles. The van der Waals surface area contributed by atoms with Crippen molar-refractivity contribution in [3.05, 3.63) is 0 Å².